The number of nitrogens with zero attached hydrogens (tertiary/aromatic N) is 4. The van der Waals surface area contributed by atoms with Gasteiger partial charge in [0.05, 0.1) is 12.1 Å². The fraction of sp³-hybridized carbons (Fsp3) is 0.345. The molecule has 0 saturated heterocycles. The maximum absolute atomic E-state index is 12.3. The zero-order valence-corrected chi connectivity index (χ0v) is 25.0. The molecule has 0 fully saturated rings. The molecule has 1 aromatic carbocycles. The number of carbonyl (C=O) groups excluding carboxylic acids is 1. The molecule has 0 aliphatic heterocycles. The molecule has 0 aliphatic rings. The number of pyridine rings is 2. The van der Waals surface area contributed by atoms with Crippen LogP contribution in [0.15, 0.2) is 55.1 Å². The largest absolute Gasteiger partial charge is 0.496 e. The number of methoxy groups -OCH3 is 1. The van der Waals surface area contributed by atoms with Crippen molar-refractivity contribution in [3.05, 3.63) is 65.7 Å². The number of likely N-dealkylation sites (N-methyl/N-ethyl adjacent to an activating group) is 1. The molecule has 8 nitrogen and oxygen atoms in total. The van der Waals surface area contributed by atoms with Gasteiger partial charge in [0.1, 0.15) is 18.1 Å². The summed E-state index contributed by atoms with van der Waals surface area (Å²) in [7, 11) is 3.60. The van der Waals surface area contributed by atoms with Crippen molar-refractivity contribution >= 4 is 36.6 Å². The molecule has 0 radical (unpaired) electrons. The van der Waals surface area contributed by atoms with Crippen molar-refractivity contribution in [1.82, 2.24) is 19.4 Å². The fourth-order valence-electron chi connectivity index (χ4n) is 4.27. The van der Waals surface area contributed by atoms with Crippen LogP contribution in [0.5, 0.6) is 5.75 Å². The first kappa shape index (κ1) is 28.8. The van der Waals surface area contributed by atoms with Crippen LogP contribution in [0.25, 0.3) is 33.3 Å². The molecular weight excluding hydrogens is 532 g/mol. The molecule has 3 heterocycles. The van der Waals surface area contributed by atoms with Gasteiger partial charge in [-0.05, 0) is 18.2 Å². The molecule has 39 heavy (non-hydrogen) atoms. The van der Waals surface area contributed by atoms with Gasteiger partial charge in [0.2, 0.25) is 0 Å². The van der Waals surface area contributed by atoms with Gasteiger partial charge in [0, 0.05) is 86.8 Å². The average Bonchev–Trinajstić information content (AvgIpc) is 3.29. The number of halogens is 1. The Kier molecular flexibility index (Phi) is 8.75. The van der Waals surface area contributed by atoms with E-state index in [9.17, 15) is 9.90 Å². The first-order chi connectivity index (χ1) is 18.5. The van der Waals surface area contributed by atoms with Gasteiger partial charge >= 0.3 is 0 Å². The van der Waals surface area contributed by atoms with E-state index >= 15 is 0 Å². The van der Waals surface area contributed by atoms with Gasteiger partial charge < -0.3 is 24.0 Å². The van der Waals surface area contributed by atoms with Gasteiger partial charge in [-0.25, -0.2) is 4.98 Å². The highest BCUT2D eigenvalue weighted by atomic mass is 35.5. The molecule has 0 bridgehead atoms. The third-order valence-electron chi connectivity index (χ3n) is 6.51. The van der Waals surface area contributed by atoms with Crippen molar-refractivity contribution in [2.45, 2.75) is 38.5 Å². The molecule has 206 valence electrons. The molecule has 0 aliphatic carbocycles. The molecule has 1 unspecified atom stereocenters. The molecule has 1 atom stereocenters. The summed E-state index contributed by atoms with van der Waals surface area (Å²) < 4.78 is 13.7. The lowest BCUT2D eigenvalue weighted by Crippen LogP contribution is -2.28. The molecule has 1 amide bonds. The lowest BCUT2D eigenvalue weighted by Gasteiger charge is -2.16. The normalized spacial score (nSPS) is 12.5. The van der Waals surface area contributed by atoms with Crippen LogP contribution in [0.4, 0.5) is 0 Å². The van der Waals surface area contributed by atoms with Crippen molar-refractivity contribution in [2.24, 2.45) is 0 Å². The van der Waals surface area contributed by atoms with Gasteiger partial charge in [-0.15, -0.1) is 0 Å². The number of aliphatic hydroxyl groups is 1. The van der Waals surface area contributed by atoms with E-state index in [1.165, 1.54) is 11.1 Å². The maximum Gasteiger partial charge on any atom is 0.255 e. The van der Waals surface area contributed by atoms with Gasteiger partial charge in [-0.1, -0.05) is 49.4 Å². The van der Waals surface area contributed by atoms with E-state index in [-0.39, 0.29) is 0 Å². The maximum atomic E-state index is 12.3. The Morgan fingerprint density at radius 1 is 1.13 bits per heavy atom. The van der Waals surface area contributed by atoms with Crippen molar-refractivity contribution in [2.75, 3.05) is 27.8 Å². The van der Waals surface area contributed by atoms with Crippen LogP contribution in [-0.4, -0.2) is 66.3 Å². The molecule has 0 spiro atoms. The summed E-state index contributed by atoms with van der Waals surface area (Å²) in [5.74, 6) is 0.282. The predicted molar refractivity (Wildman–Crippen MR) is 158 cm³/mol. The van der Waals surface area contributed by atoms with E-state index in [1.807, 2.05) is 35.0 Å². The van der Waals surface area contributed by atoms with Gasteiger partial charge in [0.15, 0.2) is 6.10 Å². The third-order valence-corrected chi connectivity index (χ3v) is 8.60. The van der Waals surface area contributed by atoms with Gasteiger partial charge in [0.25, 0.3) is 5.91 Å². The number of amides is 1. The molecular formula is C29H35ClN4O4Si. The van der Waals surface area contributed by atoms with Crippen LogP contribution in [0.2, 0.25) is 30.7 Å². The van der Waals surface area contributed by atoms with Crippen molar-refractivity contribution in [1.29, 1.82) is 0 Å². The summed E-state index contributed by atoms with van der Waals surface area (Å²) in [5, 5.41) is 11.8. The van der Waals surface area contributed by atoms with Crippen molar-refractivity contribution in [3.8, 4) is 28.0 Å². The van der Waals surface area contributed by atoms with E-state index in [1.54, 1.807) is 39.7 Å². The van der Waals surface area contributed by atoms with E-state index in [4.69, 9.17) is 26.1 Å². The lowest BCUT2D eigenvalue weighted by molar-refractivity contribution is -0.137. The monoisotopic (exact) mass is 566 g/mol. The Hall–Kier alpha value is -3.24. The number of para-hydroxylation sites is 1. The Labute approximate surface area is 235 Å². The number of aromatic nitrogens is 3. The SMILES string of the molecule is COc1ccccc1-c1cn(COCC[Si](C)(C)C)c2ncc(-c3cncc(C(O)C(=O)N(C)C)c3)c(Cl)c12. The summed E-state index contributed by atoms with van der Waals surface area (Å²) >= 11 is 7.11. The molecule has 10 heteroatoms. The number of carbonyl (C=O) groups is 1. The highest BCUT2D eigenvalue weighted by Crippen LogP contribution is 2.42. The molecule has 0 saturated carbocycles. The first-order valence-corrected chi connectivity index (χ1v) is 16.8. The van der Waals surface area contributed by atoms with Crippen molar-refractivity contribution in [3.63, 3.8) is 0 Å². The van der Waals surface area contributed by atoms with Crippen LogP contribution in [0, 0.1) is 0 Å². The summed E-state index contributed by atoms with van der Waals surface area (Å²) in [6, 6.07) is 10.5. The first-order valence-electron chi connectivity index (χ1n) is 12.7. The fourth-order valence-corrected chi connectivity index (χ4v) is 5.37. The molecule has 3 aromatic heterocycles. The molecule has 4 rings (SSSR count). The van der Waals surface area contributed by atoms with E-state index in [0.29, 0.717) is 46.4 Å². The predicted octanol–water partition coefficient (Wildman–Crippen LogP) is 5.86. The number of fused-ring (bicyclic) bond motifs is 1. The average molecular weight is 567 g/mol. The number of hydrogen-bond acceptors (Lipinski definition) is 6. The minimum atomic E-state index is -1.33. The molecule has 1 N–H and O–H groups in total. The van der Waals surface area contributed by atoms with Crippen LogP contribution in [0.3, 0.4) is 0 Å². The Balaban J connectivity index is 1.82. The standard InChI is InChI=1S/C29H35ClN4O4Si/c1-33(2)29(36)27(35)20-13-19(14-31-15-20)22-16-32-28-25(26(22)30)23(21-9-7-8-10-24(21)37-3)17-34(28)18-38-11-12-39(4,5)6/h7-10,13-17,27,35H,11-12,18H2,1-6H3. The zero-order chi connectivity index (χ0) is 28.3. The minimum Gasteiger partial charge on any atom is -0.496 e. The lowest BCUT2D eigenvalue weighted by atomic mass is 10.0. The second kappa shape index (κ2) is 11.9. The summed E-state index contributed by atoms with van der Waals surface area (Å²) in [5.41, 5.74) is 4.08. The highest BCUT2D eigenvalue weighted by Gasteiger charge is 2.23. The quantitative estimate of drug-likeness (QED) is 0.191. The summed E-state index contributed by atoms with van der Waals surface area (Å²) in [6.45, 7) is 7.99. The number of aliphatic hydroxyl groups excluding tert-OH is 1. The van der Waals surface area contributed by atoms with E-state index in [0.717, 1.165) is 22.6 Å². The topological polar surface area (TPSA) is 89.7 Å². The van der Waals surface area contributed by atoms with E-state index < -0.39 is 20.1 Å². The Bertz CT molecular complexity index is 1480. The summed E-state index contributed by atoms with van der Waals surface area (Å²) in [4.78, 5) is 22.7. The Morgan fingerprint density at radius 3 is 2.56 bits per heavy atom. The second-order valence-electron chi connectivity index (χ2n) is 10.9. The van der Waals surface area contributed by atoms with Gasteiger partial charge in [-0.3, -0.25) is 9.78 Å². The minimum absolute atomic E-state index is 0.342. The molecule has 4 aromatic rings. The van der Waals surface area contributed by atoms with Crippen LogP contribution >= 0.6 is 11.6 Å². The van der Waals surface area contributed by atoms with Crippen LogP contribution in [0.1, 0.15) is 11.7 Å². The van der Waals surface area contributed by atoms with Crippen molar-refractivity contribution < 1.29 is 19.4 Å². The van der Waals surface area contributed by atoms with Crippen LogP contribution < -0.4 is 4.74 Å². The zero-order valence-electron chi connectivity index (χ0n) is 23.2. The third kappa shape index (κ3) is 6.33. The van der Waals surface area contributed by atoms with Crippen LogP contribution in [-0.2, 0) is 16.3 Å². The smallest absolute Gasteiger partial charge is 0.255 e. The van der Waals surface area contributed by atoms with E-state index in [2.05, 4.69) is 24.6 Å². The highest BCUT2D eigenvalue weighted by molar-refractivity contribution is 6.76. The number of rotatable bonds is 10. The van der Waals surface area contributed by atoms with Gasteiger partial charge in [-0.2, -0.15) is 0 Å². The number of benzene rings is 1. The second-order valence-corrected chi connectivity index (χ2v) is 16.9. The Morgan fingerprint density at radius 2 is 1.87 bits per heavy atom. The summed E-state index contributed by atoms with van der Waals surface area (Å²) in [6.07, 6.45) is 5.47. The number of ether oxygens (including phenoxy) is 2. The number of hydrogen-bond donors (Lipinski definition) is 1.